The van der Waals surface area contributed by atoms with E-state index in [1.54, 1.807) is 18.2 Å². The van der Waals surface area contributed by atoms with Crippen molar-refractivity contribution in [3.8, 4) is 11.5 Å². The summed E-state index contributed by atoms with van der Waals surface area (Å²) < 4.78 is 10.3. The molecule has 0 aliphatic heterocycles. The number of ether oxygens (including phenoxy) is 2. The molecule has 138 valence electrons. The number of methoxy groups -OCH3 is 2. The first-order chi connectivity index (χ1) is 12.4. The standard InChI is InChI=1S/C17H17ClN2O6/c1-25-15-6-3-10(7-16(15)26-2)14(21)9-19-17(22)12-8-11(20(23)24)4-5-13(12)18/h3-8,14,21H,9H2,1-2H3,(H,19,22). The second-order valence-corrected chi connectivity index (χ2v) is 5.67. The summed E-state index contributed by atoms with van der Waals surface area (Å²) in [6, 6.07) is 8.43. The highest BCUT2D eigenvalue weighted by Crippen LogP contribution is 2.30. The highest BCUT2D eigenvalue weighted by molar-refractivity contribution is 6.33. The molecule has 2 rings (SSSR count). The van der Waals surface area contributed by atoms with Crippen LogP contribution in [-0.4, -0.2) is 36.7 Å². The van der Waals surface area contributed by atoms with E-state index in [0.29, 0.717) is 17.1 Å². The summed E-state index contributed by atoms with van der Waals surface area (Å²) in [7, 11) is 2.97. The zero-order chi connectivity index (χ0) is 19.3. The molecule has 1 atom stereocenters. The molecule has 0 spiro atoms. The van der Waals surface area contributed by atoms with Crippen LogP contribution in [0.3, 0.4) is 0 Å². The van der Waals surface area contributed by atoms with Crippen molar-refractivity contribution < 1.29 is 24.3 Å². The maximum atomic E-state index is 12.2. The van der Waals surface area contributed by atoms with Crippen molar-refractivity contribution in [2.75, 3.05) is 20.8 Å². The summed E-state index contributed by atoms with van der Waals surface area (Å²) in [4.78, 5) is 22.4. The summed E-state index contributed by atoms with van der Waals surface area (Å²) in [5.41, 5.74) is 0.216. The van der Waals surface area contributed by atoms with Gasteiger partial charge in [0.1, 0.15) is 0 Å². The maximum absolute atomic E-state index is 12.2. The molecular formula is C17H17ClN2O6. The number of nitro benzene ring substituents is 1. The summed E-state index contributed by atoms with van der Waals surface area (Å²) in [6.07, 6.45) is -1.02. The van der Waals surface area contributed by atoms with Gasteiger partial charge in [0.2, 0.25) is 0 Å². The van der Waals surface area contributed by atoms with Gasteiger partial charge in [0.05, 0.1) is 35.8 Å². The zero-order valence-corrected chi connectivity index (χ0v) is 14.8. The molecule has 0 fully saturated rings. The Bertz CT molecular complexity index is 827. The van der Waals surface area contributed by atoms with Gasteiger partial charge in [-0.15, -0.1) is 0 Å². The number of nitro groups is 1. The number of carbonyl (C=O) groups excluding carboxylic acids is 1. The molecular weight excluding hydrogens is 364 g/mol. The van der Waals surface area contributed by atoms with E-state index in [-0.39, 0.29) is 22.8 Å². The molecule has 0 bridgehead atoms. The number of amides is 1. The molecule has 8 nitrogen and oxygen atoms in total. The largest absolute Gasteiger partial charge is 0.493 e. The van der Waals surface area contributed by atoms with Crippen molar-refractivity contribution in [1.82, 2.24) is 5.32 Å². The molecule has 1 amide bonds. The molecule has 2 N–H and O–H groups in total. The lowest BCUT2D eigenvalue weighted by molar-refractivity contribution is -0.384. The minimum absolute atomic E-state index is 0.0413. The molecule has 2 aromatic carbocycles. The Kier molecular flexibility index (Phi) is 6.37. The number of non-ortho nitro benzene ring substituents is 1. The number of aliphatic hydroxyl groups is 1. The van der Waals surface area contributed by atoms with Gasteiger partial charge in [-0.25, -0.2) is 0 Å². The highest BCUT2D eigenvalue weighted by Gasteiger charge is 2.18. The van der Waals surface area contributed by atoms with Gasteiger partial charge < -0.3 is 19.9 Å². The fraction of sp³-hybridized carbons (Fsp3) is 0.235. The summed E-state index contributed by atoms with van der Waals surface area (Å²) in [5, 5.41) is 23.7. The van der Waals surface area contributed by atoms with E-state index in [2.05, 4.69) is 5.32 Å². The van der Waals surface area contributed by atoms with Crippen molar-refractivity contribution in [3.63, 3.8) is 0 Å². The van der Waals surface area contributed by atoms with Crippen molar-refractivity contribution >= 4 is 23.2 Å². The molecule has 0 aliphatic carbocycles. The fourth-order valence-corrected chi connectivity index (χ4v) is 2.47. The van der Waals surface area contributed by atoms with Gasteiger partial charge >= 0.3 is 0 Å². The predicted octanol–water partition coefficient (Wildman–Crippen LogP) is 2.73. The van der Waals surface area contributed by atoms with E-state index in [9.17, 15) is 20.0 Å². The quantitative estimate of drug-likeness (QED) is 0.564. The number of hydrogen-bond acceptors (Lipinski definition) is 6. The van der Waals surface area contributed by atoms with E-state index >= 15 is 0 Å². The molecule has 1 unspecified atom stereocenters. The number of hydrogen-bond donors (Lipinski definition) is 2. The second-order valence-electron chi connectivity index (χ2n) is 5.26. The predicted molar refractivity (Wildman–Crippen MR) is 94.9 cm³/mol. The third kappa shape index (κ3) is 4.41. The molecule has 9 heteroatoms. The van der Waals surface area contributed by atoms with E-state index in [1.807, 2.05) is 0 Å². The molecule has 0 aromatic heterocycles. The molecule has 0 aliphatic rings. The number of nitrogens with one attached hydrogen (secondary N) is 1. The lowest BCUT2D eigenvalue weighted by atomic mass is 10.1. The monoisotopic (exact) mass is 380 g/mol. The topological polar surface area (TPSA) is 111 Å². The van der Waals surface area contributed by atoms with Gasteiger partial charge in [0.25, 0.3) is 11.6 Å². The Morgan fingerprint density at radius 2 is 1.92 bits per heavy atom. The van der Waals surface area contributed by atoms with E-state index in [4.69, 9.17) is 21.1 Å². The van der Waals surface area contributed by atoms with Gasteiger partial charge in [-0.05, 0) is 23.8 Å². The molecule has 0 radical (unpaired) electrons. The van der Waals surface area contributed by atoms with Crippen molar-refractivity contribution in [1.29, 1.82) is 0 Å². The van der Waals surface area contributed by atoms with Gasteiger partial charge in [-0.3, -0.25) is 14.9 Å². The van der Waals surface area contributed by atoms with Crippen LogP contribution in [0.4, 0.5) is 5.69 Å². The Balaban J connectivity index is 2.10. The number of benzene rings is 2. The zero-order valence-electron chi connectivity index (χ0n) is 14.1. The Morgan fingerprint density at radius 3 is 2.54 bits per heavy atom. The van der Waals surface area contributed by atoms with Crippen molar-refractivity contribution in [2.45, 2.75) is 6.10 Å². The molecule has 0 saturated heterocycles. The van der Waals surface area contributed by atoms with Gasteiger partial charge in [0, 0.05) is 18.7 Å². The summed E-state index contributed by atoms with van der Waals surface area (Å²) >= 11 is 5.92. The minimum Gasteiger partial charge on any atom is -0.493 e. The second kappa shape index (κ2) is 8.50. The maximum Gasteiger partial charge on any atom is 0.270 e. The van der Waals surface area contributed by atoms with E-state index < -0.39 is 16.9 Å². The summed E-state index contributed by atoms with van der Waals surface area (Å²) in [5.74, 6) is 0.325. The Morgan fingerprint density at radius 1 is 1.23 bits per heavy atom. The molecule has 0 heterocycles. The average molecular weight is 381 g/mol. The minimum atomic E-state index is -1.02. The van der Waals surface area contributed by atoms with Crippen molar-refractivity contribution in [2.24, 2.45) is 0 Å². The smallest absolute Gasteiger partial charge is 0.270 e. The van der Waals surface area contributed by atoms with Gasteiger partial charge in [0.15, 0.2) is 11.5 Å². The van der Waals surface area contributed by atoms with Crippen LogP contribution in [0.15, 0.2) is 36.4 Å². The van der Waals surface area contributed by atoms with E-state index in [1.165, 1.54) is 26.4 Å². The number of nitrogens with zero attached hydrogens (tertiary/aromatic N) is 1. The first-order valence-corrected chi connectivity index (χ1v) is 7.87. The fourth-order valence-electron chi connectivity index (χ4n) is 2.26. The van der Waals surface area contributed by atoms with Crippen molar-refractivity contribution in [3.05, 3.63) is 62.7 Å². The van der Waals surface area contributed by atoms with Crippen LogP contribution >= 0.6 is 11.6 Å². The first kappa shape index (κ1) is 19.5. The van der Waals surface area contributed by atoms with Crippen LogP contribution in [0.25, 0.3) is 0 Å². The van der Waals surface area contributed by atoms with Crippen LogP contribution in [0.1, 0.15) is 22.0 Å². The number of halogens is 1. The third-order valence-electron chi connectivity index (χ3n) is 3.65. The normalized spacial score (nSPS) is 11.5. The lowest BCUT2D eigenvalue weighted by Gasteiger charge is -2.15. The average Bonchev–Trinajstić information content (AvgIpc) is 2.65. The SMILES string of the molecule is COc1ccc(C(O)CNC(=O)c2cc([N+](=O)[O-])ccc2Cl)cc1OC. The van der Waals surface area contributed by atoms with Crippen LogP contribution in [0, 0.1) is 10.1 Å². The number of aliphatic hydroxyl groups excluding tert-OH is 1. The molecule has 2 aromatic rings. The third-order valence-corrected chi connectivity index (χ3v) is 3.98. The summed E-state index contributed by atoms with van der Waals surface area (Å²) in [6.45, 7) is -0.118. The Labute approximate surface area is 154 Å². The van der Waals surface area contributed by atoms with Gasteiger partial charge in [-0.2, -0.15) is 0 Å². The van der Waals surface area contributed by atoms with Crippen LogP contribution < -0.4 is 14.8 Å². The van der Waals surface area contributed by atoms with E-state index in [0.717, 1.165) is 6.07 Å². The molecule has 0 saturated carbocycles. The van der Waals surface area contributed by atoms with Crippen LogP contribution in [-0.2, 0) is 0 Å². The van der Waals surface area contributed by atoms with Gasteiger partial charge in [-0.1, -0.05) is 17.7 Å². The van der Waals surface area contributed by atoms with Crippen LogP contribution in [0.2, 0.25) is 5.02 Å². The highest BCUT2D eigenvalue weighted by atomic mass is 35.5. The number of carbonyl (C=O) groups is 1. The number of rotatable bonds is 7. The Hall–Kier alpha value is -2.84. The van der Waals surface area contributed by atoms with Crippen LogP contribution in [0.5, 0.6) is 11.5 Å². The first-order valence-electron chi connectivity index (χ1n) is 7.49. The molecule has 26 heavy (non-hydrogen) atoms. The lowest BCUT2D eigenvalue weighted by Crippen LogP contribution is -2.28.